The van der Waals surface area contributed by atoms with E-state index < -0.39 is 6.10 Å². The number of aliphatic hydroxyl groups is 1. The van der Waals surface area contributed by atoms with Crippen molar-refractivity contribution in [2.45, 2.75) is 45.0 Å². The SMILES string of the molecule is COCCCN1CCOc2ccc(COC3CNCC(O)C3c3ccc(Oc4cc(C)cc(C)n4)cc3)cc21. The van der Waals surface area contributed by atoms with Crippen molar-refractivity contribution in [1.29, 1.82) is 0 Å². The molecule has 8 nitrogen and oxygen atoms in total. The molecule has 3 unspecified atom stereocenters. The summed E-state index contributed by atoms with van der Waals surface area (Å²) < 4.78 is 23.5. The molecule has 0 saturated carbocycles. The van der Waals surface area contributed by atoms with Crippen LogP contribution in [-0.2, 0) is 16.1 Å². The number of piperidine rings is 1. The number of pyridine rings is 1. The summed E-state index contributed by atoms with van der Waals surface area (Å²) in [5, 5.41) is 14.2. The fourth-order valence-electron chi connectivity index (χ4n) is 5.45. The van der Waals surface area contributed by atoms with Gasteiger partial charge < -0.3 is 34.3 Å². The Balaban J connectivity index is 1.26. The van der Waals surface area contributed by atoms with E-state index in [4.69, 9.17) is 18.9 Å². The minimum Gasteiger partial charge on any atom is -0.490 e. The third kappa shape index (κ3) is 6.89. The van der Waals surface area contributed by atoms with E-state index in [1.165, 1.54) is 0 Å². The van der Waals surface area contributed by atoms with E-state index in [0.717, 1.165) is 59.9 Å². The molecule has 2 aliphatic rings. The number of ether oxygens (including phenoxy) is 4. The van der Waals surface area contributed by atoms with Crippen molar-refractivity contribution in [3.05, 3.63) is 77.0 Å². The van der Waals surface area contributed by atoms with E-state index in [0.29, 0.717) is 37.9 Å². The minimum atomic E-state index is -0.551. The fraction of sp³-hybridized carbons (Fsp3) is 0.452. The largest absolute Gasteiger partial charge is 0.490 e. The normalized spacial score (nSPS) is 20.8. The van der Waals surface area contributed by atoms with Crippen molar-refractivity contribution in [3.8, 4) is 17.4 Å². The lowest BCUT2D eigenvalue weighted by molar-refractivity contribution is -0.0328. The molecular weight excluding hydrogens is 494 g/mol. The summed E-state index contributed by atoms with van der Waals surface area (Å²) in [4.78, 5) is 6.82. The van der Waals surface area contributed by atoms with Crippen LogP contribution in [0.25, 0.3) is 0 Å². The van der Waals surface area contributed by atoms with Crippen molar-refractivity contribution in [3.63, 3.8) is 0 Å². The second-order valence-electron chi connectivity index (χ2n) is 10.4. The number of nitrogens with one attached hydrogen (secondary N) is 1. The molecule has 0 radical (unpaired) electrons. The fourth-order valence-corrected chi connectivity index (χ4v) is 5.45. The second-order valence-corrected chi connectivity index (χ2v) is 10.4. The zero-order chi connectivity index (χ0) is 27.2. The molecule has 1 aromatic heterocycles. The number of hydrogen-bond acceptors (Lipinski definition) is 8. The van der Waals surface area contributed by atoms with Crippen LogP contribution >= 0.6 is 0 Å². The summed E-state index contributed by atoms with van der Waals surface area (Å²) in [6.07, 6.45) is 0.242. The molecule has 2 aliphatic heterocycles. The third-order valence-electron chi connectivity index (χ3n) is 7.30. The smallest absolute Gasteiger partial charge is 0.219 e. The Hall–Kier alpha value is -3.17. The zero-order valence-corrected chi connectivity index (χ0v) is 23.1. The maximum atomic E-state index is 10.9. The molecule has 0 spiro atoms. The Labute approximate surface area is 230 Å². The van der Waals surface area contributed by atoms with Gasteiger partial charge >= 0.3 is 0 Å². The molecule has 3 heterocycles. The van der Waals surface area contributed by atoms with Gasteiger partial charge in [-0.05, 0) is 67.3 Å². The van der Waals surface area contributed by atoms with Crippen LogP contribution in [0.1, 0.15) is 34.7 Å². The van der Waals surface area contributed by atoms with Gasteiger partial charge in [-0.25, -0.2) is 4.98 Å². The highest BCUT2D eigenvalue weighted by molar-refractivity contribution is 5.61. The first-order chi connectivity index (χ1) is 19.0. The second kappa shape index (κ2) is 12.8. The van der Waals surface area contributed by atoms with E-state index in [1.807, 2.05) is 56.3 Å². The van der Waals surface area contributed by atoms with Gasteiger partial charge in [-0.2, -0.15) is 0 Å². The molecule has 3 atom stereocenters. The summed E-state index contributed by atoms with van der Waals surface area (Å²) in [6.45, 7) is 8.85. The highest BCUT2D eigenvalue weighted by Gasteiger charge is 2.34. The van der Waals surface area contributed by atoms with Crippen molar-refractivity contribution < 1.29 is 24.1 Å². The molecule has 1 fully saturated rings. The third-order valence-corrected chi connectivity index (χ3v) is 7.30. The van der Waals surface area contributed by atoms with Gasteiger partial charge in [0.2, 0.25) is 5.88 Å². The average Bonchev–Trinajstić information content (AvgIpc) is 2.92. The number of nitrogens with zero attached hydrogens (tertiary/aromatic N) is 2. The maximum absolute atomic E-state index is 10.9. The number of methoxy groups -OCH3 is 1. The van der Waals surface area contributed by atoms with Crippen molar-refractivity contribution in [1.82, 2.24) is 10.3 Å². The topological polar surface area (TPSA) is 85.3 Å². The number of aryl methyl sites for hydroxylation is 2. The van der Waals surface area contributed by atoms with Crippen LogP contribution in [0.15, 0.2) is 54.6 Å². The first kappa shape index (κ1) is 27.4. The van der Waals surface area contributed by atoms with Crippen molar-refractivity contribution in [2.24, 2.45) is 0 Å². The molecule has 3 aromatic rings. The Bertz CT molecular complexity index is 1220. The van der Waals surface area contributed by atoms with E-state index in [-0.39, 0.29) is 12.0 Å². The summed E-state index contributed by atoms with van der Waals surface area (Å²) in [5.41, 5.74) is 5.24. The summed E-state index contributed by atoms with van der Waals surface area (Å²) in [6, 6.07) is 18.1. The van der Waals surface area contributed by atoms with Crippen LogP contribution in [-0.4, -0.2) is 68.8 Å². The van der Waals surface area contributed by atoms with Gasteiger partial charge in [0.25, 0.3) is 0 Å². The van der Waals surface area contributed by atoms with E-state index in [1.54, 1.807) is 7.11 Å². The number of aliphatic hydroxyl groups excluding tert-OH is 1. The van der Waals surface area contributed by atoms with Crippen molar-refractivity contribution >= 4 is 5.69 Å². The molecule has 1 saturated heterocycles. The summed E-state index contributed by atoms with van der Waals surface area (Å²) in [7, 11) is 1.74. The molecule has 208 valence electrons. The lowest BCUT2D eigenvalue weighted by Gasteiger charge is -2.36. The monoisotopic (exact) mass is 533 g/mol. The highest BCUT2D eigenvalue weighted by atomic mass is 16.5. The van der Waals surface area contributed by atoms with Crippen LogP contribution in [0, 0.1) is 13.8 Å². The van der Waals surface area contributed by atoms with E-state index in [9.17, 15) is 5.11 Å². The van der Waals surface area contributed by atoms with Crippen molar-refractivity contribution in [2.75, 3.05) is 51.4 Å². The van der Waals surface area contributed by atoms with Gasteiger partial charge in [-0.15, -0.1) is 0 Å². The predicted molar refractivity (Wildman–Crippen MR) is 151 cm³/mol. The first-order valence-electron chi connectivity index (χ1n) is 13.7. The molecule has 5 rings (SSSR count). The molecule has 0 bridgehead atoms. The highest BCUT2D eigenvalue weighted by Crippen LogP contribution is 2.34. The number of rotatable bonds is 10. The van der Waals surface area contributed by atoms with E-state index in [2.05, 4.69) is 27.3 Å². The molecular formula is C31H39N3O5. The van der Waals surface area contributed by atoms with Gasteiger partial charge in [0.05, 0.1) is 31.0 Å². The van der Waals surface area contributed by atoms with Crippen LogP contribution in [0.3, 0.4) is 0 Å². The Morgan fingerprint density at radius 3 is 2.72 bits per heavy atom. The number of β-amino-alcohol motifs (C(OH)–C–C–N with tert-alkyl or cyclic N) is 1. The summed E-state index contributed by atoms with van der Waals surface area (Å²) >= 11 is 0. The van der Waals surface area contributed by atoms with Gasteiger partial charge in [-0.3, -0.25) is 0 Å². The van der Waals surface area contributed by atoms with E-state index >= 15 is 0 Å². The Morgan fingerprint density at radius 2 is 1.92 bits per heavy atom. The van der Waals surface area contributed by atoms with Crippen LogP contribution in [0.2, 0.25) is 0 Å². The maximum Gasteiger partial charge on any atom is 0.219 e. The number of anilines is 1. The molecule has 0 aliphatic carbocycles. The number of fused-ring (bicyclic) bond motifs is 1. The standard InChI is InChI=1S/C31H39N3O5/c1-21-15-22(2)33-30(16-21)39-25-8-6-24(7-9-25)31-27(35)18-32-19-29(31)38-20-23-5-10-28-26(17-23)34(12-14-37-28)11-4-13-36-3/h5-10,15-17,27,29,31-32,35H,4,11-14,18-20H2,1-3H3. The Morgan fingerprint density at radius 1 is 1.08 bits per heavy atom. The van der Waals surface area contributed by atoms with Gasteiger partial charge in [0.15, 0.2) is 0 Å². The van der Waals surface area contributed by atoms with Crippen LogP contribution < -0.4 is 19.7 Å². The lowest BCUT2D eigenvalue weighted by atomic mass is 9.85. The number of hydrogen-bond donors (Lipinski definition) is 2. The lowest BCUT2D eigenvalue weighted by Crippen LogP contribution is -2.49. The first-order valence-corrected chi connectivity index (χ1v) is 13.7. The minimum absolute atomic E-state index is 0.147. The number of benzene rings is 2. The van der Waals surface area contributed by atoms with Gasteiger partial charge in [0.1, 0.15) is 18.1 Å². The molecule has 2 aromatic carbocycles. The molecule has 8 heteroatoms. The zero-order valence-electron chi connectivity index (χ0n) is 23.1. The van der Waals surface area contributed by atoms with Gasteiger partial charge in [-0.1, -0.05) is 18.2 Å². The average molecular weight is 534 g/mol. The Kier molecular flexibility index (Phi) is 8.98. The quantitative estimate of drug-likeness (QED) is 0.372. The summed E-state index contributed by atoms with van der Waals surface area (Å²) in [5.74, 6) is 2.05. The molecule has 39 heavy (non-hydrogen) atoms. The number of aromatic nitrogens is 1. The van der Waals surface area contributed by atoms with Crippen LogP contribution in [0.5, 0.6) is 17.4 Å². The molecule has 2 N–H and O–H groups in total. The van der Waals surface area contributed by atoms with Gasteiger partial charge in [0, 0.05) is 51.0 Å². The molecule has 0 amide bonds. The van der Waals surface area contributed by atoms with Crippen LogP contribution in [0.4, 0.5) is 5.69 Å². The predicted octanol–water partition coefficient (Wildman–Crippen LogP) is 4.36.